The van der Waals surface area contributed by atoms with E-state index < -0.39 is 0 Å². The Hall–Kier alpha value is -1.24. The minimum absolute atomic E-state index is 0.709. The van der Waals surface area contributed by atoms with E-state index in [2.05, 4.69) is 30.1 Å². The van der Waals surface area contributed by atoms with Crippen LogP contribution in [0.5, 0.6) is 0 Å². The maximum absolute atomic E-state index is 3.78. The summed E-state index contributed by atoms with van der Waals surface area (Å²) in [5.41, 5.74) is 2.57. The molecule has 0 amide bonds. The molecule has 1 unspecified atom stereocenters. The minimum atomic E-state index is 0.709. The third kappa shape index (κ3) is 1.74. The zero-order chi connectivity index (χ0) is 9.10. The van der Waals surface area contributed by atoms with E-state index in [4.69, 9.17) is 0 Å². The van der Waals surface area contributed by atoms with Gasteiger partial charge >= 0.3 is 0 Å². The van der Waals surface area contributed by atoms with Crippen LogP contribution in [0.4, 0.5) is 5.69 Å². The van der Waals surface area contributed by atoms with E-state index in [9.17, 15) is 0 Å². The Bertz CT molecular complexity index is 304. The van der Waals surface area contributed by atoms with Crippen LogP contribution < -0.4 is 5.32 Å². The molecule has 0 spiro atoms. The van der Waals surface area contributed by atoms with Gasteiger partial charge in [0.1, 0.15) is 0 Å². The molecule has 1 N–H and O–H groups in total. The molecule has 1 nitrogen and oxygen atoms in total. The highest BCUT2D eigenvalue weighted by atomic mass is 14.9. The lowest BCUT2D eigenvalue weighted by atomic mass is 9.92. The number of allylic oxidation sites excluding steroid dienone is 1. The molecule has 1 heterocycles. The van der Waals surface area contributed by atoms with Gasteiger partial charge < -0.3 is 5.32 Å². The lowest BCUT2D eigenvalue weighted by Crippen LogP contribution is -2.22. The van der Waals surface area contributed by atoms with Crippen molar-refractivity contribution in [3.63, 3.8) is 0 Å². The molecule has 1 aromatic rings. The zero-order valence-electron chi connectivity index (χ0n) is 7.72. The fourth-order valence-electron chi connectivity index (χ4n) is 1.84. The fourth-order valence-corrected chi connectivity index (χ4v) is 1.84. The van der Waals surface area contributed by atoms with Gasteiger partial charge in [0.2, 0.25) is 0 Å². The van der Waals surface area contributed by atoms with Crippen LogP contribution >= 0.6 is 0 Å². The average Bonchev–Trinajstić information content (AvgIpc) is 2.18. The first-order chi connectivity index (χ1) is 6.40. The molecular formula is C12H14N. The molecule has 0 saturated heterocycles. The van der Waals surface area contributed by atoms with Gasteiger partial charge in [0.15, 0.2) is 0 Å². The van der Waals surface area contributed by atoms with Gasteiger partial charge in [0.25, 0.3) is 0 Å². The van der Waals surface area contributed by atoms with Crippen molar-refractivity contribution >= 4 is 5.69 Å². The number of anilines is 1. The van der Waals surface area contributed by atoms with Crippen LogP contribution in [0.15, 0.2) is 30.9 Å². The van der Waals surface area contributed by atoms with E-state index in [1.807, 2.05) is 12.1 Å². The molecule has 0 aliphatic carbocycles. The maximum atomic E-state index is 3.78. The predicted molar refractivity (Wildman–Crippen MR) is 55.8 cm³/mol. The van der Waals surface area contributed by atoms with E-state index in [0.717, 1.165) is 19.4 Å². The Morgan fingerprint density at radius 1 is 1.69 bits per heavy atom. The first-order valence-corrected chi connectivity index (χ1v) is 4.74. The number of fused-ring (bicyclic) bond motifs is 1. The number of rotatable bonds is 2. The van der Waals surface area contributed by atoms with E-state index >= 15 is 0 Å². The van der Waals surface area contributed by atoms with Crippen molar-refractivity contribution in [2.75, 3.05) is 11.9 Å². The monoisotopic (exact) mass is 172 g/mol. The van der Waals surface area contributed by atoms with Crippen LogP contribution in [0.3, 0.4) is 0 Å². The van der Waals surface area contributed by atoms with Gasteiger partial charge in [-0.3, -0.25) is 0 Å². The third-order valence-corrected chi connectivity index (χ3v) is 2.52. The van der Waals surface area contributed by atoms with Crippen molar-refractivity contribution in [2.24, 2.45) is 5.92 Å². The molecule has 67 valence electrons. The van der Waals surface area contributed by atoms with Crippen LogP contribution in [0.2, 0.25) is 0 Å². The smallest absolute Gasteiger partial charge is 0.0453 e. The summed E-state index contributed by atoms with van der Waals surface area (Å²) in [6.07, 6.45) is 4.26. The first-order valence-electron chi connectivity index (χ1n) is 4.74. The van der Waals surface area contributed by atoms with Gasteiger partial charge in [-0.15, -0.1) is 6.58 Å². The van der Waals surface area contributed by atoms with E-state index in [-0.39, 0.29) is 0 Å². The highest BCUT2D eigenvalue weighted by Gasteiger charge is 2.15. The molecule has 13 heavy (non-hydrogen) atoms. The predicted octanol–water partition coefficient (Wildman–Crippen LogP) is 2.65. The van der Waals surface area contributed by atoms with E-state index in [1.165, 1.54) is 11.3 Å². The molecule has 1 atom stereocenters. The molecule has 1 heteroatoms. The Kier molecular flexibility index (Phi) is 2.35. The molecule has 0 saturated carbocycles. The number of para-hydroxylation sites is 1. The summed E-state index contributed by atoms with van der Waals surface area (Å²) in [7, 11) is 0. The van der Waals surface area contributed by atoms with Crippen LogP contribution in [0, 0.1) is 12.0 Å². The largest absolute Gasteiger partial charge is 0.384 e. The summed E-state index contributed by atoms with van der Waals surface area (Å²) < 4.78 is 0. The summed E-state index contributed by atoms with van der Waals surface area (Å²) in [6, 6.07) is 9.40. The number of hydrogen-bond acceptors (Lipinski definition) is 1. The quantitative estimate of drug-likeness (QED) is 0.676. The third-order valence-electron chi connectivity index (χ3n) is 2.52. The first kappa shape index (κ1) is 8.36. The molecule has 1 aliphatic heterocycles. The fraction of sp³-hybridized carbons (Fsp3) is 0.333. The van der Waals surface area contributed by atoms with Crippen LogP contribution in [0.25, 0.3) is 0 Å². The van der Waals surface area contributed by atoms with Crippen molar-refractivity contribution in [3.05, 3.63) is 42.5 Å². The summed E-state index contributed by atoms with van der Waals surface area (Å²) in [6.45, 7) is 4.83. The van der Waals surface area contributed by atoms with E-state index in [0.29, 0.717) is 5.92 Å². The summed E-state index contributed by atoms with van der Waals surface area (Å²) in [4.78, 5) is 0. The Morgan fingerprint density at radius 2 is 2.62 bits per heavy atom. The van der Waals surface area contributed by atoms with Crippen molar-refractivity contribution in [2.45, 2.75) is 12.8 Å². The Morgan fingerprint density at radius 3 is 3.46 bits per heavy atom. The molecule has 0 fully saturated rings. The van der Waals surface area contributed by atoms with Crippen molar-refractivity contribution in [1.29, 1.82) is 0 Å². The molecule has 1 radical (unpaired) electrons. The highest BCUT2D eigenvalue weighted by molar-refractivity contribution is 5.52. The van der Waals surface area contributed by atoms with Gasteiger partial charge in [-0.05, 0) is 24.3 Å². The molecule has 0 aromatic heterocycles. The summed E-state index contributed by atoms with van der Waals surface area (Å²) in [5.74, 6) is 0.709. The topological polar surface area (TPSA) is 12.0 Å². The van der Waals surface area contributed by atoms with Crippen LogP contribution in [-0.2, 0) is 6.42 Å². The molecule has 0 bridgehead atoms. The normalized spacial score (nSPS) is 20.2. The lowest BCUT2D eigenvalue weighted by Gasteiger charge is -2.24. The van der Waals surface area contributed by atoms with Gasteiger partial charge in [-0.2, -0.15) is 0 Å². The Balaban J connectivity index is 2.15. The Labute approximate surface area is 79.5 Å². The van der Waals surface area contributed by atoms with Crippen molar-refractivity contribution < 1.29 is 0 Å². The van der Waals surface area contributed by atoms with E-state index in [1.54, 1.807) is 0 Å². The number of hydrogen-bond donors (Lipinski definition) is 1. The van der Waals surface area contributed by atoms with Gasteiger partial charge in [0.05, 0.1) is 0 Å². The number of benzene rings is 1. The van der Waals surface area contributed by atoms with Crippen LogP contribution in [0.1, 0.15) is 12.0 Å². The van der Waals surface area contributed by atoms with Gasteiger partial charge in [-0.1, -0.05) is 24.3 Å². The number of nitrogens with one attached hydrogen (secondary N) is 1. The molecular weight excluding hydrogens is 158 g/mol. The van der Waals surface area contributed by atoms with Gasteiger partial charge in [-0.25, -0.2) is 0 Å². The van der Waals surface area contributed by atoms with Gasteiger partial charge in [0, 0.05) is 18.3 Å². The van der Waals surface area contributed by atoms with Crippen LogP contribution in [-0.4, -0.2) is 6.54 Å². The zero-order valence-corrected chi connectivity index (χ0v) is 7.72. The minimum Gasteiger partial charge on any atom is -0.384 e. The second-order valence-electron chi connectivity index (χ2n) is 3.55. The molecule has 1 aromatic carbocycles. The standard InChI is InChI=1S/C12H14N/c1-2-5-10-8-11-6-3-4-7-12(11)13-9-10/h2-4,6,10,13H,1,5,8-9H2. The van der Waals surface area contributed by atoms with Crippen molar-refractivity contribution in [1.82, 2.24) is 0 Å². The SMILES string of the molecule is C=CCC1CNc2[c]cccc2C1. The lowest BCUT2D eigenvalue weighted by molar-refractivity contribution is 0.546. The summed E-state index contributed by atoms with van der Waals surface area (Å²) >= 11 is 0. The second kappa shape index (κ2) is 3.65. The average molecular weight is 172 g/mol. The summed E-state index contributed by atoms with van der Waals surface area (Å²) in [5, 5.41) is 3.39. The van der Waals surface area contributed by atoms with Crippen molar-refractivity contribution in [3.8, 4) is 0 Å². The second-order valence-corrected chi connectivity index (χ2v) is 3.55. The maximum Gasteiger partial charge on any atom is 0.0453 e. The molecule has 1 aliphatic rings. The highest BCUT2D eigenvalue weighted by Crippen LogP contribution is 2.25. The molecule has 2 rings (SSSR count).